The number of hydrogen-bond acceptors (Lipinski definition) is 4. The normalized spacial score (nSPS) is 11.6. The molecule has 0 aliphatic carbocycles. The van der Waals surface area contributed by atoms with Crippen molar-refractivity contribution in [1.29, 1.82) is 0 Å². The second-order valence-electron chi connectivity index (χ2n) is 5.28. The van der Waals surface area contributed by atoms with Gasteiger partial charge in [-0.15, -0.1) is 11.3 Å². The van der Waals surface area contributed by atoms with Crippen LogP contribution in [0.25, 0.3) is 10.6 Å². The molecule has 118 valence electrons. The number of nitrogens with zero attached hydrogens (tertiary/aromatic N) is 1. The van der Waals surface area contributed by atoms with E-state index in [1.807, 2.05) is 38.1 Å². The molecule has 0 N–H and O–H groups in total. The van der Waals surface area contributed by atoms with Crippen molar-refractivity contribution in [3.63, 3.8) is 0 Å². The fraction of sp³-hybridized carbons (Fsp3) is 0.118. The summed E-state index contributed by atoms with van der Waals surface area (Å²) in [7, 11) is -3.71. The van der Waals surface area contributed by atoms with Gasteiger partial charge in [0.25, 0.3) is 0 Å². The smallest absolute Gasteiger partial charge is 0.223 e. The highest BCUT2D eigenvalue weighted by molar-refractivity contribution is 7.91. The first kappa shape index (κ1) is 16.2. The van der Waals surface area contributed by atoms with Gasteiger partial charge in [-0.3, -0.25) is 0 Å². The average Bonchev–Trinajstić information content (AvgIpc) is 2.91. The lowest BCUT2D eigenvalue weighted by Gasteiger charge is -2.02. The third-order valence-electron chi connectivity index (χ3n) is 3.44. The molecule has 3 rings (SSSR count). The fourth-order valence-electron chi connectivity index (χ4n) is 2.10. The Morgan fingerprint density at radius 1 is 0.913 bits per heavy atom. The van der Waals surface area contributed by atoms with Crippen molar-refractivity contribution in [2.45, 2.75) is 23.8 Å². The largest absolute Gasteiger partial charge is 0.226 e. The summed E-state index contributed by atoms with van der Waals surface area (Å²) in [5.41, 5.74) is 2.98. The van der Waals surface area contributed by atoms with E-state index in [4.69, 9.17) is 11.6 Å². The molecule has 0 amide bonds. The first-order valence-electron chi connectivity index (χ1n) is 6.93. The summed E-state index contributed by atoms with van der Waals surface area (Å²) in [6.45, 7) is 3.90. The number of halogens is 1. The Morgan fingerprint density at radius 2 is 1.43 bits per heavy atom. The predicted octanol–water partition coefficient (Wildman–Crippen LogP) is 4.91. The maximum Gasteiger partial charge on any atom is 0.226 e. The molecule has 2 aromatic carbocycles. The van der Waals surface area contributed by atoms with Crippen molar-refractivity contribution >= 4 is 32.8 Å². The quantitative estimate of drug-likeness (QED) is 0.664. The molecule has 1 heterocycles. The molecule has 6 heteroatoms. The molecule has 0 aliphatic rings. The maximum absolute atomic E-state index is 12.7. The number of aromatic nitrogens is 1. The maximum atomic E-state index is 12.7. The van der Waals surface area contributed by atoms with E-state index in [0.29, 0.717) is 5.01 Å². The number of aryl methyl sites for hydroxylation is 2. The first-order valence-corrected chi connectivity index (χ1v) is 9.61. The average molecular weight is 364 g/mol. The van der Waals surface area contributed by atoms with Gasteiger partial charge < -0.3 is 0 Å². The summed E-state index contributed by atoms with van der Waals surface area (Å²) < 4.78 is 25.6. The minimum atomic E-state index is -3.71. The predicted molar refractivity (Wildman–Crippen MR) is 93.9 cm³/mol. The highest BCUT2D eigenvalue weighted by atomic mass is 35.5. The van der Waals surface area contributed by atoms with Crippen LogP contribution in [0.5, 0.6) is 0 Å². The van der Waals surface area contributed by atoms with Gasteiger partial charge in [0.2, 0.25) is 9.84 Å². The van der Waals surface area contributed by atoms with Crippen LogP contribution in [0.1, 0.15) is 11.1 Å². The Bertz CT molecular complexity index is 943. The molecule has 0 aliphatic heterocycles. The molecule has 1 aromatic heterocycles. The van der Waals surface area contributed by atoms with Crippen molar-refractivity contribution in [1.82, 2.24) is 4.98 Å². The summed E-state index contributed by atoms with van der Waals surface area (Å²) in [5.74, 6) is 0. The second kappa shape index (κ2) is 6.07. The second-order valence-corrected chi connectivity index (χ2v) is 8.75. The van der Waals surface area contributed by atoms with Gasteiger partial charge in [0.1, 0.15) is 9.34 Å². The van der Waals surface area contributed by atoms with E-state index >= 15 is 0 Å². The van der Waals surface area contributed by atoms with Crippen LogP contribution >= 0.6 is 22.9 Å². The van der Waals surface area contributed by atoms with E-state index in [1.54, 1.807) is 24.3 Å². The van der Waals surface area contributed by atoms with Crippen LogP contribution in [0, 0.1) is 13.8 Å². The molecule has 0 saturated heterocycles. The third-order valence-corrected chi connectivity index (χ3v) is 6.68. The number of thiazole rings is 1. The SMILES string of the molecule is Cc1ccc(-c2nc(S(=O)(=O)c3ccc(C)cc3)c(Cl)s2)cc1. The lowest BCUT2D eigenvalue weighted by atomic mass is 10.2. The van der Waals surface area contributed by atoms with Crippen LogP contribution in [0.15, 0.2) is 58.5 Å². The number of hydrogen-bond donors (Lipinski definition) is 0. The third kappa shape index (κ3) is 3.17. The van der Waals surface area contributed by atoms with Crippen LogP contribution in [-0.2, 0) is 9.84 Å². The molecule has 0 saturated carbocycles. The number of benzene rings is 2. The summed E-state index contributed by atoms with van der Waals surface area (Å²) in [6, 6.07) is 14.4. The van der Waals surface area contributed by atoms with Gasteiger partial charge in [-0.1, -0.05) is 59.1 Å². The van der Waals surface area contributed by atoms with Gasteiger partial charge in [0, 0.05) is 5.56 Å². The molecule has 23 heavy (non-hydrogen) atoms. The lowest BCUT2D eigenvalue weighted by molar-refractivity contribution is 0.593. The van der Waals surface area contributed by atoms with Crippen molar-refractivity contribution in [3.8, 4) is 10.6 Å². The fourth-order valence-corrected chi connectivity index (χ4v) is 5.01. The zero-order valence-electron chi connectivity index (χ0n) is 12.6. The monoisotopic (exact) mass is 363 g/mol. The summed E-state index contributed by atoms with van der Waals surface area (Å²) in [6.07, 6.45) is 0. The van der Waals surface area contributed by atoms with Crippen LogP contribution in [0.4, 0.5) is 0 Å². The van der Waals surface area contributed by atoms with Crippen LogP contribution < -0.4 is 0 Å². The Morgan fingerprint density at radius 3 is 2.00 bits per heavy atom. The Hall–Kier alpha value is -1.69. The van der Waals surface area contributed by atoms with Crippen molar-refractivity contribution in [2.75, 3.05) is 0 Å². The Kier molecular flexibility index (Phi) is 4.27. The van der Waals surface area contributed by atoms with E-state index in [0.717, 1.165) is 16.7 Å². The molecular formula is C17H14ClNO2S2. The number of sulfone groups is 1. The topological polar surface area (TPSA) is 47.0 Å². The van der Waals surface area contributed by atoms with Crippen molar-refractivity contribution in [2.24, 2.45) is 0 Å². The van der Waals surface area contributed by atoms with Gasteiger partial charge in [0.05, 0.1) is 4.90 Å². The molecule has 0 fully saturated rings. The van der Waals surface area contributed by atoms with Crippen LogP contribution in [0.2, 0.25) is 4.34 Å². The molecule has 3 nitrogen and oxygen atoms in total. The van der Waals surface area contributed by atoms with Gasteiger partial charge in [-0.05, 0) is 26.0 Å². The molecule has 0 radical (unpaired) electrons. The van der Waals surface area contributed by atoms with E-state index in [2.05, 4.69) is 4.98 Å². The standard InChI is InChI=1S/C17H14ClNO2S2/c1-11-3-7-13(8-4-11)16-19-17(15(18)22-16)23(20,21)14-9-5-12(2)6-10-14/h3-10H,1-2H3. The molecule has 0 bridgehead atoms. The minimum Gasteiger partial charge on any atom is -0.223 e. The first-order chi connectivity index (χ1) is 10.9. The number of rotatable bonds is 3. The zero-order chi connectivity index (χ0) is 16.6. The molecule has 3 aromatic rings. The van der Waals surface area contributed by atoms with E-state index < -0.39 is 9.84 Å². The van der Waals surface area contributed by atoms with Crippen molar-refractivity contribution in [3.05, 3.63) is 64.0 Å². The molecule has 0 unspecified atom stereocenters. The minimum absolute atomic E-state index is 0.0800. The Balaban J connectivity index is 2.07. The Labute approximate surface area is 144 Å². The summed E-state index contributed by atoms with van der Waals surface area (Å²) in [4.78, 5) is 4.48. The van der Waals surface area contributed by atoms with Crippen LogP contribution in [-0.4, -0.2) is 13.4 Å². The van der Waals surface area contributed by atoms with Crippen LogP contribution in [0.3, 0.4) is 0 Å². The summed E-state index contributed by atoms with van der Waals surface area (Å²) in [5, 5.41) is 0.518. The van der Waals surface area contributed by atoms with E-state index in [-0.39, 0.29) is 14.3 Å². The molecule has 0 atom stereocenters. The van der Waals surface area contributed by atoms with E-state index in [1.165, 1.54) is 11.3 Å². The highest BCUT2D eigenvalue weighted by Gasteiger charge is 2.25. The summed E-state index contributed by atoms with van der Waals surface area (Å²) >= 11 is 7.34. The molecule has 0 spiro atoms. The van der Waals surface area contributed by atoms with Gasteiger partial charge in [-0.2, -0.15) is 0 Å². The zero-order valence-corrected chi connectivity index (χ0v) is 15.0. The highest BCUT2D eigenvalue weighted by Crippen LogP contribution is 2.36. The van der Waals surface area contributed by atoms with Gasteiger partial charge in [0.15, 0.2) is 5.03 Å². The van der Waals surface area contributed by atoms with Crippen molar-refractivity contribution < 1.29 is 8.42 Å². The lowest BCUT2D eigenvalue weighted by Crippen LogP contribution is -2.03. The van der Waals surface area contributed by atoms with E-state index in [9.17, 15) is 8.42 Å². The molecular weight excluding hydrogens is 350 g/mol. The van der Waals surface area contributed by atoms with Gasteiger partial charge in [-0.25, -0.2) is 13.4 Å². The van der Waals surface area contributed by atoms with Gasteiger partial charge >= 0.3 is 0 Å².